The van der Waals surface area contributed by atoms with Crippen LogP contribution in [0.5, 0.6) is 23.3 Å². The van der Waals surface area contributed by atoms with Gasteiger partial charge in [0.05, 0.1) is 23.5 Å². The number of hydrogen-bond acceptors (Lipinski definition) is 14. The molecule has 4 aliphatic rings. The van der Waals surface area contributed by atoms with E-state index >= 15 is 0 Å². The second-order valence-corrected chi connectivity index (χ2v) is 20.5. The summed E-state index contributed by atoms with van der Waals surface area (Å²) in [5.41, 5.74) is 5.91. The molecule has 73 heavy (non-hydrogen) atoms. The van der Waals surface area contributed by atoms with Crippen molar-refractivity contribution in [3.8, 4) is 40.3 Å². The number of phenols is 3. The minimum Gasteiger partial charge on any atom is -0.508 e. The van der Waals surface area contributed by atoms with E-state index in [4.69, 9.17) is 9.97 Å². The maximum absolute atomic E-state index is 13.6. The lowest BCUT2D eigenvalue weighted by Gasteiger charge is -2.38. The zero-order chi connectivity index (χ0) is 50.8. The number of hydrogen-bond donors (Lipinski definition) is 5. The zero-order valence-corrected chi connectivity index (χ0v) is 42.0. The van der Waals surface area contributed by atoms with Crippen molar-refractivity contribution in [2.24, 2.45) is 11.8 Å². The van der Waals surface area contributed by atoms with Gasteiger partial charge in [-0.25, -0.2) is 9.55 Å². The number of fused-ring (bicyclic) bond motifs is 2. The van der Waals surface area contributed by atoms with Crippen molar-refractivity contribution < 1.29 is 30.0 Å². The van der Waals surface area contributed by atoms with Gasteiger partial charge in [-0.2, -0.15) is 4.98 Å². The van der Waals surface area contributed by atoms with E-state index in [-0.39, 0.29) is 46.8 Å². The number of nitrogens with zero attached hydrogens (tertiary/aromatic N) is 10. The topological polar surface area (TPSA) is 200 Å². The SMILES string of the molecule is C=CC(=O)N1CCN(c2nc(NCCC(=O)N3CCC(CN4CCC(Cc5ccc(-n6c(O)nnc6-c6cc(C(C)C)c(O)cc6O)cc5)CC4)CC3)nc3c2CCN(c2cc(O)cc4ccccc24)C3)CC1. The first-order chi connectivity index (χ1) is 35.4. The summed E-state index contributed by atoms with van der Waals surface area (Å²) >= 11 is 0. The van der Waals surface area contributed by atoms with Gasteiger partial charge in [-0.15, -0.1) is 5.10 Å². The van der Waals surface area contributed by atoms with Gasteiger partial charge in [0, 0.05) is 94.1 Å². The molecule has 3 saturated heterocycles. The molecule has 4 aliphatic heterocycles. The van der Waals surface area contributed by atoms with Crippen molar-refractivity contribution in [2.45, 2.75) is 71.3 Å². The largest absolute Gasteiger partial charge is 0.508 e. The molecule has 0 spiro atoms. The summed E-state index contributed by atoms with van der Waals surface area (Å²) in [6.45, 7) is 16.4. The molecule has 6 aromatic rings. The summed E-state index contributed by atoms with van der Waals surface area (Å²) in [6, 6.07) is 22.5. The first kappa shape index (κ1) is 49.2. The number of rotatable bonds is 14. The number of carbonyl (C=O) groups is 2. The van der Waals surface area contributed by atoms with Gasteiger partial charge in [0.25, 0.3) is 0 Å². The van der Waals surface area contributed by atoms with Crippen LogP contribution in [0.15, 0.2) is 85.5 Å². The molecule has 0 unspecified atom stereocenters. The molecule has 0 bridgehead atoms. The molecular formula is C56H67N11O6. The second kappa shape index (κ2) is 21.4. The normalized spacial score (nSPS) is 17.1. The van der Waals surface area contributed by atoms with Crippen molar-refractivity contribution in [1.29, 1.82) is 0 Å². The molecule has 5 N–H and O–H groups in total. The van der Waals surface area contributed by atoms with Gasteiger partial charge < -0.3 is 50.2 Å². The van der Waals surface area contributed by atoms with Gasteiger partial charge in [0.1, 0.15) is 23.1 Å². The number of nitrogens with one attached hydrogen (secondary N) is 1. The maximum atomic E-state index is 13.6. The van der Waals surface area contributed by atoms with Crippen LogP contribution in [-0.2, 0) is 29.0 Å². The molecule has 0 radical (unpaired) electrons. The first-order valence-electron chi connectivity index (χ1n) is 26.0. The third-order valence-corrected chi connectivity index (χ3v) is 15.5. The van der Waals surface area contributed by atoms with Crippen molar-refractivity contribution in [2.75, 3.05) is 87.1 Å². The summed E-state index contributed by atoms with van der Waals surface area (Å²) in [5.74, 6) is 2.96. The van der Waals surface area contributed by atoms with Crippen LogP contribution in [0.2, 0.25) is 0 Å². The minimum atomic E-state index is -0.284. The van der Waals surface area contributed by atoms with E-state index in [1.54, 1.807) is 12.1 Å². The Balaban J connectivity index is 0.700. The van der Waals surface area contributed by atoms with Gasteiger partial charge >= 0.3 is 6.01 Å². The minimum absolute atomic E-state index is 0.00867. The van der Waals surface area contributed by atoms with E-state index in [1.165, 1.54) is 22.3 Å². The number of piperazine rings is 1. The highest BCUT2D eigenvalue weighted by Crippen LogP contribution is 2.40. The fourth-order valence-electron chi connectivity index (χ4n) is 11.3. The molecule has 0 atom stereocenters. The highest BCUT2D eigenvalue weighted by atomic mass is 16.3. The van der Waals surface area contributed by atoms with E-state index in [1.807, 2.05) is 60.0 Å². The number of phenolic OH excluding ortho intramolecular Hbond substituents is 3. The van der Waals surface area contributed by atoms with Gasteiger partial charge in [-0.3, -0.25) is 9.59 Å². The van der Waals surface area contributed by atoms with E-state index in [0.29, 0.717) is 80.3 Å². The highest BCUT2D eigenvalue weighted by Gasteiger charge is 2.31. The Kier molecular flexibility index (Phi) is 14.4. The molecule has 0 saturated carbocycles. The van der Waals surface area contributed by atoms with Crippen LogP contribution in [0, 0.1) is 11.8 Å². The Morgan fingerprint density at radius 3 is 2.26 bits per heavy atom. The quantitative estimate of drug-likeness (QED) is 0.0686. The molecule has 0 aliphatic carbocycles. The van der Waals surface area contributed by atoms with Crippen LogP contribution in [0.4, 0.5) is 17.5 Å². The van der Waals surface area contributed by atoms with Crippen molar-refractivity contribution in [1.82, 2.24) is 39.4 Å². The Morgan fingerprint density at radius 1 is 0.781 bits per heavy atom. The Morgan fingerprint density at radius 2 is 1.52 bits per heavy atom. The lowest BCUT2D eigenvalue weighted by molar-refractivity contribution is -0.132. The molecule has 10 rings (SSSR count). The molecule has 382 valence electrons. The highest BCUT2D eigenvalue weighted by molar-refractivity contribution is 5.96. The molecule has 17 nitrogen and oxygen atoms in total. The summed E-state index contributed by atoms with van der Waals surface area (Å²) in [4.78, 5) is 47.1. The molecular weight excluding hydrogens is 923 g/mol. The zero-order valence-electron chi connectivity index (χ0n) is 42.0. The molecule has 6 heterocycles. The number of carbonyl (C=O) groups excluding carboxylic acids is 2. The lowest BCUT2D eigenvalue weighted by Crippen LogP contribution is -2.49. The molecule has 2 amide bonds. The number of likely N-dealkylation sites (tertiary alicyclic amines) is 2. The third-order valence-electron chi connectivity index (χ3n) is 15.5. The number of aromatic hydroxyl groups is 4. The smallest absolute Gasteiger partial charge is 0.319 e. The fraction of sp³-hybridized carbons (Fsp3) is 0.429. The van der Waals surface area contributed by atoms with Crippen molar-refractivity contribution in [3.05, 3.63) is 108 Å². The Labute approximate surface area is 426 Å². The fourth-order valence-corrected chi connectivity index (χ4v) is 11.3. The number of benzene rings is 4. The lowest BCUT2D eigenvalue weighted by atomic mass is 9.89. The standard InChI is InChI=1S/C56H67N11O6/c1-4-51(71)64-25-27-65(28-26-64)53-44-18-24-66(48-31-42(68)30-40-7-5-6-8-43(40)48)35-47(44)58-55(59-53)57-19-13-52(72)63-22-16-39(17-23-63)34-62-20-14-38(15-21-62)29-37-9-11-41(12-10-37)67-54(60-61-56(67)73)46-32-45(36(2)3)49(69)33-50(46)70/h4-12,30-33,36,38-39,68-70H,1,13-29,34-35H2,2-3H3,(H,61,73)(H,57,58,59). The number of amides is 2. The van der Waals surface area contributed by atoms with Crippen LogP contribution in [0.25, 0.3) is 27.8 Å². The van der Waals surface area contributed by atoms with Gasteiger partial charge in [-0.05, 0) is 116 Å². The molecule has 4 aromatic carbocycles. The predicted molar refractivity (Wildman–Crippen MR) is 283 cm³/mol. The number of anilines is 3. The first-order valence-corrected chi connectivity index (χ1v) is 26.0. The summed E-state index contributed by atoms with van der Waals surface area (Å²) in [7, 11) is 0. The summed E-state index contributed by atoms with van der Waals surface area (Å²) in [5, 5.41) is 56.0. The van der Waals surface area contributed by atoms with E-state index < -0.39 is 0 Å². The third kappa shape index (κ3) is 10.7. The molecule has 2 aromatic heterocycles. The number of piperidine rings is 2. The number of aromatic nitrogens is 5. The molecule has 3 fully saturated rings. The van der Waals surface area contributed by atoms with Crippen LogP contribution in [-0.4, -0.2) is 144 Å². The average Bonchev–Trinajstić information content (AvgIpc) is 3.79. The Hall–Kier alpha value is -7.40. The van der Waals surface area contributed by atoms with E-state index in [2.05, 4.69) is 55.0 Å². The maximum Gasteiger partial charge on any atom is 0.319 e. The average molecular weight is 990 g/mol. The van der Waals surface area contributed by atoms with E-state index in [9.17, 15) is 30.0 Å². The van der Waals surface area contributed by atoms with Crippen LogP contribution < -0.4 is 15.1 Å². The van der Waals surface area contributed by atoms with Crippen LogP contribution >= 0.6 is 0 Å². The predicted octanol–water partition coefficient (Wildman–Crippen LogP) is 7.22. The Bertz CT molecular complexity index is 2970. The van der Waals surface area contributed by atoms with Gasteiger partial charge in [0.2, 0.25) is 17.8 Å². The van der Waals surface area contributed by atoms with Crippen LogP contribution in [0.1, 0.15) is 74.3 Å². The molecule has 17 heteroatoms. The van der Waals surface area contributed by atoms with Gasteiger partial charge in [0.15, 0.2) is 5.82 Å². The summed E-state index contributed by atoms with van der Waals surface area (Å²) < 4.78 is 1.51. The van der Waals surface area contributed by atoms with Crippen molar-refractivity contribution in [3.63, 3.8) is 0 Å². The summed E-state index contributed by atoms with van der Waals surface area (Å²) in [6.07, 6.45) is 7.64. The van der Waals surface area contributed by atoms with Crippen LogP contribution in [0.3, 0.4) is 0 Å². The second-order valence-electron chi connectivity index (χ2n) is 20.5. The van der Waals surface area contributed by atoms with Crippen molar-refractivity contribution >= 4 is 40.0 Å². The van der Waals surface area contributed by atoms with Gasteiger partial charge in [-0.1, -0.05) is 61.9 Å². The van der Waals surface area contributed by atoms with E-state index in [0.717, 1.165) is 111 Å². The monoisotopic (exact) mass is 990 g/mol.